The fourth-order valence-corrected chi connectivity index (χ4v) is 2.00. The first kappa shape index (κ1) is 13.9. The molecule has 0 saturated carbocycles. The highest BCUT2D eigenvalue weighted by atomic mass is 16.3. The summed E-state index contributed by atoms with van der Waals surface area (Å²) in [4.78, 5) is 12.4. The number of aryl methyl sites for hydroxylation is 1. The molecular weight excluding hydrogens is 256 g/mol. The van der Waals surface area contributed by atoms with Gasteiger partial charge in [-0.3, -0.25) is 4.79 Å². The van der Waals surface area contributed by atoms with Gasteiger partial charge in [0.1, 0.15) is 5.75 Å². The Balaban J connectivity index is 2.36. The van der Waals surface area contributed by atoms with E-state index in [9.17, 15) is 20.1 Å². The smallest absolute Gasteiger partial charge is 0.173 e. The van der Waals surface area contributed by atoms with E-state index >= 15 is 0 Å². The number of phenolic OH excluding ortho intramolecular Hbond substituents is 3. The molecule has 0 radical (unpaired) electrons. The molecule has 4 heteroatoms. The van der Waals surface area contributed by atoms with Gasteiger partial charge in [0.2, 0.25) is 0 Å². The van der Waals surface area contributed by atoms with Crippen molar-refractivity contribution >= 4 is 5.78 Å². The third kappa shape index (κ3) is 2.59. The van der Waals surface area contributed by atoms with Crippen molar-refractivity contribution in [3.05, 3.63) is 53.1 Å². The fourth-order valence-electron chi connectivity index (χ4n) is 2.00. The van der Waals surface area contributed by atoms with Gasteiger partial charge in [-0.2, -0.15) is 0 Å². The monoisotopic (exact) mass is 272 g/mol. The third-order valence-electron chi connectivity index (χ3n) is 3.33. The summed E-state index contributed by atoms with van der Waals surface area (Å²) in [6.07, 6.45) is 0. The van der Waals surface area contributed by atoms with E-state index in [-0.39, 0.29) is 17.1 Å². The number of ketones is 1. The van der Waals surface area contributed by atoms with Gasteiger partial charge >= 0.3 is 0 Å². The average molecular weight is 272 g/mol. The van der Waals surface area contributed by atoms with Crippen LogP contribution in [0.4, 0.5) is 0 Å². The predicted molar refractivity (Wildman–Crippen MR) is 75.4 cm³/mol. The molecule has 0 spiro atoms. The standard InChI is InChI=1S/C16H16O4/c1-9-3-5-11(6-4-9)10(2)16(20)12-7-14(18)15(19)8-13(12)17/h3-8,10,17-19H,1-2H3. The van der Waals surface area contributed by atoms with E-state index in [1.54, 1.807) is 6.92 Å². The molecule has 0 saturated heterocycles. The lowest BCUT2D eigenvalue weighted by molar-refractivity contribution is 0.0963. The van der Waals surface area contributed by atoms with E-state index in [2.05, 4.69) is 0 Å². The molecule has 0 bridgehead atoms. The number of hydrogen-bond donors (Lipinski definition) is 3. The molecule has 0 amide bonds. The number of phenols is 3. The Morgan fingerprint density at radius 3 is 2.10 bits per heavy atom. The van der Waals surface area contributed by atoms with E-state index in [0.717, 1.165) is 23.3 Å². The predicted octanol–water partition coefficient (Wildman–Crippen LogP) is 3.10. The van der Waals surface area contributed by atoms with Crippen LogP contribution in [0.5, 0.6) is 17.2 Å². The van der Waals surface area contributed by atoms with E-state index in [4.69, 9.17) is 0 Å². The molecule has 1 unspecified atom stereocenters. The van der Waals surface area contributed by atoms with Gasteiger partial charge < -0.3 is 15.3 Å². The third-order valence-corrected chi connectivity index (χ3v) is 3.33. The van der Waals surface area contributed by atoms with Crippen LogP contribution in [0.25, 0.3) is 0 Å². The average Bonchev–Trinajstić information content (AvgIpc) is 2.42. The van der Waals surface area contributed by atoms with Crippen molar-refractivity contribution in [2.45, 2.75) is 19.8 Å². The number of Topliss-reactive ketones (excluding diaryl/α,β-unsaturated/α-hetero) is 1. The molecular formula is C16H16O4. The molecule has 0 aliphatic rings. The van der Waals surface area contributed by atoms with Gasteiger partial charge in [0.05, 0.1) is 5.56 Å². The largest absolute Gasteiger partial charge is 0.507 e. The van der Waals surface area contributed by atoms with Crippen molar-refractivity contribution in [2.75, 3.05) is 0 Å². The van der Waals surface area contributed by atoms with Crippen LogP contribution < -0.4 is 0 Å². The zero-order valence-corrected chi connectivity index (χ0v) is 11.3. The van der Waals surface area contributed by atoms with Crippen molar-refractivity contribution in [3.63, 3.8) is 0 Å². The summed E-state index contributed by atoms with van der Waals surface area (Å²) in [5.74, 6) is -2.00. The highest BCUT2D eigenvalue weighted by molar-refractivity contribution is 6.03. The summed E-state index contributed by atoms with van der Waals surface area (Å²) in [7, 11) is 0. The molecule has 4 nitrogen and oxygen atoms in total. The second-order valence-corrected chi connectivity index (χ2v) is 4.85. The number of carbonyl (C=O) groups is 1. The molecule has 3 N–H and O–H groups in total. The van der Waals surface area contributed by atoms with Gasteiger partial charge in [0.25, 0.3) is 0 Å². The van der Waals surface area contributed by atoms with Gasteiger partial charge in [-0.1, -0.05) is 36.8 Å². The van der Waals surface area contributed by atoms with Crippen molar-refractivity contribution in [3.8, 4) is 17.2 Å². The lowest BCUT2D eigenvalue weighted by Crippen LogP contribution is -2.10. The summed E-state index contributed by atoms with van der Waals surface area (Å²) < 4.78 is 0. The Morgan fingerprint density at radius 1 is 0.950 bits per heavy atom. The quantitative estimate of drug-likeness (QED) is 0.456. The number of benzene rings is 2. The molecule has 2 aromatic rings. The van der Waals surface area contributed by atoms with Gasteiger partial charge in [-0.25, -0.2) is 0 Å². The number of carbonyl (C=O) groups excluding carboxylic acids is 1. The van der Waals surface area contributed by atoms with Gasteiger partial charge in [-0.05, 0) is 18.6 Å². The highest BCUT2D eigenvalue weighted by Crippen LogP contribution is 2.34. The number of aromatic hydroxyl groups is 3. The Hall–Kier alpha value is -2.49. The molecule has 0 fully saturated rings. The van der Waals surface area contributed by atoms with Crippen molar-refractivity contribution in [1.29, 1.82) is 0 Å². The minimum Gasteiger partial charge on any atom is -0.507 e. The SMILES string of the molecule is Cc1ccc(C(C)C(=O)c2cc(O)c(O)cc2O)cc1. The van der Waals surface area contributed by atoms with Crippen LogP contribution in [0.1, 0.15) is 34.3 Å². The first-order chi connectivity index (χ1) is 9.40. The van der Waals surface area contributed by atoms with E-state index in [1.807, 2.05) is 31.2 Å². The lowest BCUT2D eigenvalue weighted by atomic mass is 9.91. The molecule has 1 atom stereocenters. The fraction of sp³-hybridized carbons (Fsp3) is 0.188. The van der Waals surface area contributed by atoms with E-state index in [0.29, 0.717) is 0 Å². The molecule has 104 valence electrons. The van der Waals surface area contributed by atoms with E-state index in [1.165, 1.54) is 0 Å². The Labute approximate surface area is 116 Å². The van der Waals surface area contributed by atoms with Crippen LogP contribution in [-0.4, -0.2) is 21.1 Å². The normalized spacial score (nSPS) is 12.1. The molecule has 2 rings (SSSR count). The van der Waals surface area contributed by atoms with Crippen LogP contribution in [0.3, 0.4) is 0 Å². The first-order valence-electron chi connectivity index (χ1n) is 6.26. The molecule has 0 aromatic heterocycles. The maximum absolute atomic E-state index is 12.4. The van der Waals surface area contributed by atoms with Crippen LogP contribution >= 0.6 is 0 Å². The van der Waals surface area contributed by atoms with Gasteiger partial charge in [0.15, 0.2) is 17.3 Å². The summed E-state index contributed by atoms with van der Waals surface area (Å²) >= 11 is 0. The number of rotatable bonds is 3. The second kappa shape index (κ2) is 5.25. The molecule has 0 aliphatic heterocycles. The van der Waals surface area contributed by atoms with Crippen LogP contribution in [0.15, 0.2) is 36.4 Å². The summed E-state index contributed by atoms with van der Waals surface area (Å²) in [5, 5.41) is 28.5. The maximum Gasteiger partial charge on any atom is 0.173 e. The zero-order valence-electron chi connectivity index (χ0n) is 11.3. The summed E-state index contributed by atoms with van der Waals surface area (Å²) in [5.41, 5.74) is 1.92. The van der Waals surface area contributed by atoms with Crippen LogP contribution in [0, 0.1) is 6.92 Å². The summed E-state index contributed by atoms with van der Waals surface area (Å²) in [6, 6.07) is 9.58. The second-order valence-electron chi connectivity index (χ2n) is 4.85. The maximum atomic E-state index is 12.4. The van der Waals surface area contributed by atoms with Gasteiger partial charge in [0, 0.05) is 12.0 Å². The van der Waals surface area contributed by atoms with Crippen molar-refractivity contribution in [2.24, 2.45) is 0 Å². The Kier molecular flexibility index (Phi) is 3.66. The van der Waals surface area contributed by atoms with Crippen molar-refractivity contribution < 1.29 is 20.1 Å². The topological polar surface area (TPSA) is 77.8 Å². The van der Waals surface area contributed by atoms with Crippen LogP contribution in [0.2, 0.25) is 0 Å². The minimum absolute atomic E-state index is 0.00613. The lowest BCUT2D eigenvalue weighted by Gasteiger charge is -2.13. The number of hydrogen-bond acceptors (Lipinski definition) is 4. The minimum atomic E-state index is -0.456. The molecule has 2 aromatic carbocycles. The molecule has 0 heterocycles. The van der Waals surface area contributed by atoms with Gasteiger partial charge in [-0.15, -0.1) is 0 Å². The first-order valence-corrected chi connectivity index (χ1v) is 6.26. The zero-order chi connectivity index (χ0) is 14.9. The molecule has 0 aliphatic carbocycles. The highest BCUT2D eigenvalue weighted by Gasteiger charge is 2.21. The van der Waals surface area contributed by atoms with Crippen LogP contribution in [-0.2, 0) is 0 Å². The Morgan fingerprint density at radius 2 is 1.50 bits per heavy atom. The van der Waals surface area contributed by atoms with Crippen molar-refractivity contribution in [1.82, 2.24) is 0 Å². The molecule has 20 heavy (non-hydrogen) atoms. The van der Waals surface area contributed by atoms with E-state index < -0.39 is 17.4 Å². The Bertz CT molecular complexity index is 644. The summed E-state index contributed by atoms with van der Waals surface area (Å²) in [6.45, 7) is 3.69.